The summed E-state index contributed by atoms with van der Waals surface area (Å²) in [6.07, 6.45) is 2.81. The number of halogens is 2. The fourth-order valence-corrected chi connectivity index (χ4v) is 2.80. The summed E-state index contributed by atoms with van der Waals surface area (Å²) in [5.41, 5.74) is 1.01. The van der Waals surface area contributed by atoms with Crippen LogP contribution >= 0.6 is 27.5 Å². The van der Waals surface area contributed by atoms with E-state index in [-0.39, 0.29) is 6.04 Å². The Bertz CT molecular complexity index is 570. The molecule has 1 atom stereocenters. The van der Waals surface area contributed by atoms with Crippen molar-refractivity contribution in [2.45, 2.75) is 25.9 Å². The Morgan fingerprint density at radius 1 is 1.52 bits per heavy atom. The summed E-state index contributed by atoms with van der Waals surface area (Å²) < 4.78 is 13.6. The number of aromatic nitrogens is 2. The van der Waals surface area contributed by atoms with Crippen LogP contribution in [0.4, 0.5) is 0 Å². The van der Waals surface area contributed by atoms with Gasteiger partial charge in [0.25, 0.3) is 0 Å². The van der Waals surface area contributed by atoms with Gasteiger partial charge in [-0.15, -0.1) is 0 Å². The number of furan rings is 1. The van der Waals surface area contributed by atoms with Gasteiger partial charge in [-0.3, -0.25) is 4.68 Å². The number of hydrogen-bond donors (Lipinski definition) is 1. The van der Waals surface area contributed by atoms with Crippen molar-refractivity contribution in [3.63, 3.8) is 0 Å². The van der Waals surface area contributed by atoms with Crippen LogP contribution in [0.3, 0.4) is 0 Å². The van der Waals surface area contributed by atoms with Crippen molar-refractivity contribution in [2.24, 2.45) is 0 Å². The lowest BCUT2D eigenvalue weighted by atomic mass is 10.1. The van der Waals surface area contributed by atoms with E-state index >= 15 is 0 Å². The summed E-state index contributed by atoms with van der Waals surface area (Å²) in [5.74, 6) is 0.772. The fraction of sp³-hybridized carbons (Fsp3) is 0.500. The number of rotatable bonds is 8. The van der Waals surface area contributed by atoms with Crippen molar-refractivity contribution in [3.05, 3.63) is 39.5 Å². The van der Waals surface area contributed by atoms with E-state index in [4.69, 9.17) is 20.8 Å². The van der Waals surface area contributed by atoms with E-state index in [1.165, 1.54) is 0 Å². The average molecular weight is 377 g/mol. The molecule has 0 amide bonds. The van der Waals surface area contributed by atoms with Crippen molar-refractivity contribution in [1.29, 1.82) is 0 Å². The molecule has 2 aromatic rings. The van der Waals surface area contributed by atoms with Crippen LogP contribution in [0.1, 0.15) is 30.8 Å². The van der Waals surface area contributed by atoms with E-state index in [9.17, 15) is 0 Å². The minimum atomic E-state index is -0.105. The Kier molecular flexibility index (Phi) is 6.29. The molecule has 0 bridgehead atoms. The number of nitrogens with zero attached hydrogens (tertiary/aromatic N) is 2. The zero-order chi connectivity index (χ0) is 15.2. The van der Waals surface area contributed by atoms with E-state index in [1.54, 1.807) is 19.4 Å². The van der Waals surface area contributed by atoms with Gasteiger partial charge in [-0.1, -0.05) is 6.92 Å². The minimum Gasteiger partial charge on any atom is -0.448 e. The molecule has 2 rings (SSSR count). The number of hydrogen-bond acceptors (Lipinski definition) is 4. The molecule has 116 valence electrons. The predicted molar refractivity (Wildman–Crippen MR) is 85.7 cm³/mol. The van der Waals surface area contributed by atoms with Gasteiger partial charge in [0.1, 0.15) is 11.8 Å². The van der Waals surface area contributed by atoms with Crippen molar-refractivity contribution in [3.8, 4) is 0 Å². The zero-order valence-corrected chi connectivity index (χ0v) is 14.4. The Labute approximate surface area is 137 Å². The highest BCUT2D eigenvalue weighted by Gasteiger charge is 2.24. The molecule has 2 heterocycles. The standard InChI is InChI=1S/C14H19BrClN3O2/c1-3-6-17-13(11-4-5-12(16)21-11)14-10(15)9-18-19(14)7-8-20-2/h4-5,9,13,17H,3,6-8H2,1-2H3. The summed E-state index contributed by atoms with van der Waals surface area (Å²) in [6, 6.07) is 3.53. The second-order valence-electron chi connectivity index (χ2n) is 4.62. The molecule has 7 heteroatoms. The largest absolute Gasteiger partial charge is 0.448 e. The molecule has 21 heavy (non-hydrogen) atoms. The molecule has 0 radical (unpaired) electrons. The van der Waals surface area contributed by atoms with E-state index in [1.807, 2.05) is 10.7 Å². The van der Waals surface area contributed by atoms with Crippen molar-refractivity contribution in [1.82, 2.24) is 15.1 Å². The molecule has 0 saturated carbocycles. The fourth-order valence-electron chi connectivity index (χ4n) is 2.12. The number of nitrogens with one attached hydrogen (secondary N) is 1. The van der Waals surface area contributed by atoms with Crippen LogP contribution in [-0.2, 0) is 11.3 Å². The molecule has 0 aliphatic rings. The molecule has 0 aliphatic carbocycles. The van der Waals surface area contributed by atoms with Crippen LogP contribution in [0.2, 0.25) is 5.22 Å². The van der Waals surface area contributed by atoms with Crippen LogP contribution in [-0.4, -0.2) is 30.0 Å². The van der Waals surface area contributed by atoms with Gasteiger partial charge in [-0.25, -0.2) is 0 Å². The summed E-state index contributed by atoms with van der Waals surface area (Å²) in [4.78, 5) is 0. The second kappa shape index (κ2) is 7.98. The predicted octanol–water partition coefficient (Wildman–Crippen LogP) is 3.63. The molecule has 1 N–H and O–H groups in total. The van der Waals surface area contributed by atoms with Crippen molar-refractivity contribution >= 4 is 27.5 Å². The summed E-state index contributed by atoms with van der Waals surface area (Å²) in [5, 5.41) is 8.25. The topological polar surface area (TPSA) is 52.2 Å². The lowest BCUT2D eigenvalue weighted by Crippen LogP contribution is -2.26. The average Bonchev–Trinajstić information content (AvgIpc) is 3.05. The quantitative estimate of drug-likeness (QED) is 0.764. The van der Waals surface area contributed by atoms with Gasteiger partial charge < -0.3 is 14.5 Å². The first-order valence-corrected chi connectivity index (χ1v) is 8.03. The molecular weight excluding hydrogens is 358 g/mol. The zero-order valence-electron chi connectivity index (χ0n) is 12.1. The lowest BCUT2D eigenvalue weighted by molar-refractivity contribution is 0.181. The molecule has 5 nitrogen and oxygen atoms in total. The Hall–Kier alpha value is -0.820. The maximum Gasteiger partial charge on any atom is 0.193 e. The lowest BCUT2D eigenvalue weighted by Gasteiger charge is -2.19. The molecule has 0 fully saturated rings. The summed E-state index contributed by atoms with van der Waals surface area (Å²) >= 11 is 9.48. The summed E-state index contributed by atoms with van der Waals surface area (Å²) in [6.45, 7) is 4.26. The third kappa shape index (κ3) is 4.10. The molecule has 0 aliphatic heterocycles. The molecule has 0 spiro atoms. The third-order valence-electron chi connectivity index (χ3n) is 3.09. The van der Waals surface area contributed by atoms with E-state index in [0.717, 1.165) is 28.9 Å². The van der Waals surface area contributed by atoms with Gasteiger partial charge in [0.2, 0.25) is 0 Å². The first kappa shape index (κ1) is 16.5. The van der Waals surface area contributed by atoms with Crippen LogP contribution in [0.15, 0.2) is 27.2 Å². The highest BCUT2D eigenvalue weighted by atomic mass is 79.9. The van der Waals surface area contributed by atoms with E-state index < -0.39 is 0 Å². The molecule has 0 saturated heterocycles. The molecule has 1 unspecified atom stereocenters. The SMILES string of the molecule is CCCNC(c1ccc(Cl)o1)c1c(Br)cnn1CCOC. The first-order valence-electron chi connectivity index (χ1n) is 6.86. The Morgan fingerprint density at radius 3 is 2.95 bits per heavy atom. The maximum atomic E-state index is 5.91. The smallest absolute Gasteiger partial charge is 0.193 e. The van der Waals surface area contributed by atoms with Crippen LogP contribution in [0.25, 0.3) is 0 Å². The molecule has 2 aromatic heterocycles. The highest BCUT2D eigenvalue weighted by Crippen LogP contribution is 2.30. The highest BCUT2D eigenvalue weighted by molar-refractivity contribution is 9.10. The molecule has 0 aromatic carbocycles. The van der Waals surface area contributed by atoms with Crippen molar-refractivity contribution in [2.75, 3.05) is 20.3 Å². The maximum absolute atomic E-state index is 5.91. The first-order chi connectivity index (χ1) is 10.2. The number of methoxy groups -OCH3 is 1. The van der Waals surface area contributed by atoms with Crippen molar-refractivity contribution < 1.29 is 9.15 Å². The second-order valence-corrected chi connectivity index (χ2v) is 5.85. The molecular formula is C14H19BrClN3O2. The van der Waals surface area contributed by atoms with Gasteiger partial charge in [0, 0.05) is 7.11 Å². The Balaban J connectivity index is 2.33. The van der Waals surface area contributed by atoms with Gasteiger partial charge >= 0.3 is 0 Å². The number of ether oxygens (including phenoxy) is 1. The van der Waals surface area contributed by atoms with Gasteiger partial charge in [0.15, 0.2) is 5.22 Å². The third-order valence-corrected chi connectivity index (χ3v) is 3.90. The van der Waals surface area contributed by atoms with Gasteiger partial charge in [0.05, 0.1) is 29.5 Å². The van der Waals surface area contributed by atoms with Gasteiger partial charge in [-0.2, -0.15) is 5.10 Å². The van der Waals surface area contributed by atoms with E-state index in [0.29, 0.717) is 18.4 Å². The normalized spacial score (nSPS) is 12.8. The van der Waals surface area contributed by atoms with Gasteiger partial charge in [-0.05, 0) is 52.6 Å². The monoisotopic (exact) mass is 375 g/mol. The van der Waals surface area contributed by atoms with Crippen LogP contribution in [0, 0.1) is 0 Å². The summed E-state index contributed by atoms with van der Waals surface area (Å²) in [7, 11) is 1.68. The minimum absolute atomic E-state index is 0.105. The van der Waals surface area contributed by atoms with Crippen LogP contribution < -0.4 is 5.32 Å². The Morgan fingerprint density at radius 2 is 2.33 bits per heavy atom. The van der Waals surface area contributed by atoms with Crippen LogP contribution in [0.5, 0.6) is 0 Å². The van der Waals surface area contributed by atoms with E-state index in [2.05, 4.69) is 33.3 Å².